The molecule has 0 bridgehead atoms. The Morgan fingerprint density at radius 3 is 2.69 bits per heavy atom. The Labute approximate surface area is 73.2 Å². The molecule has 1 atom stereocenters. The van der Waals surface area contributed by atoms with Gasteiger partial charge in [0, 0.05) is 19.1 Å². The molecule has 1 amide bonds. The van der Waals surface area contributed by atoms with Gasteiger partial charge in [-0.15, -0.1) is 0 Å². The highest BCUT2D eigenvalue weighted by Gasteiger charge is 2.38. The van der Waals surface area contributed by atoms with E-state index in [1.54, 1.807) is 0 Å². The largest absolute Gasteiger partial charge is 0.471 e. The number of carbonyl (C=O) groups excluding carboxylic acids is 1. The van der Waals surface area contributed by atoms with E-state index in [2.05, 4.69) is 0 Å². The van der Waals surface area contributed by atoms with Crippen LogP contribution < -0.4 is 5.32 Å². The number of rotatable bonds is 2. The standard InChI is InChI=1S/C7H10F3NO2/c8-7(9,10)6(12)11-3-5-1-2-13-4-5/h5H,1-4H2,(H,11,12). The van der Waals surface area contributed by atoms with Crippen LogP contribution in [0.1, 0.15) is 6.42 Å². The molecule has 1 aliphatic rings. The molecule has 1 heterocycles. The van der Waals surface area contributed by atoms with Crippen molar-refractivity contribution in [3.63, 3.8) is 0 Å². The minimum absolute atomic E-state index is 0.0197. The number of hydrogen-bond donors (Lipinski definition) is 1. The number of carbonyl (C=O) groups is 1. The molecule has 1 fully saturated rings. The van der Waals surface area contributed by atoms with Gasteiger partial charge in [0.15, 0.2) is 0 Å². The number of nitrogens with one attached hydrogen (secondary N) is 1. The first-order valence-electron chi connectivity index (χ1n) is 3.93. The zero-order valence-corrected chi connectivity index (χ0v) is 6.86. The molecular formula is C7H10F3NO2. The molecule has 0 spiro atoms. The van der Waals surface area contributed by atoms with Crippen molar-refractivity contribution in [2.45, 2.75) is 12.6 Å². The summed E-state index contributed by atoms with van der Waals surface area (Å²) in [6.07, 6.45) is -4.07. The number of amides is 1. The molecule has 0 aliphatic carbocycles. The molecule has 3 nitrogen and oxygen atoms in total. The van der Waals surface area contributed by atoms with Gasteiger partial charge in [0.25, 0.3) is 0 Å². The summed E-state index contributed by atoms with van der Waals surface area (Å²) in [6.45, 7) is 1.03. The Hall–Kier alpha value is -0.780. The van der Waals surface area contributed by atoms with E-state index in [-0.39, 0.29) is 12.5 Å². The normalized spacial score (nSPS) is 23.2. The van der Waals surface area contributed by atoms with Crippen molar-refractivity contribution in [2.24, 2.45) is 5.92 Å². The van der Waals surface area contributed by atoms with E-state index in [0.717, 1.165) is 0 Å². The van der Waals surface area contributed by atoms with Crippen molar-refractivity contribution >= 4 is 5.91 Å². The first-order valence-corrected chi connectivity index (χ1v) is 3.93. The second-order valence-corrected chi connectivity index (χ2v) is 2.94. The fourth-order valence-electron chi connectivity index (χ4n) is 1.08. The minimum Gasteiger partial charge on any atom is -0.381 e. The van der Waals surface area contributed by atoms with Crippen LogP contribution in [0.3, 0.4) is 0 Å². The van der Waals surface area contributed by atoms with Crippen molar-refractivity contribution in [3.05, 3.63) is 0 Å². The summed E-state index contributed by atoms with van der Waals surface area (Å²) in [5, 5.41) is 1.82. The summed E-state index contributed by atoms with van der Waals surface area (Å²) >= 11 is 0. The third-order valence-electron chi connectivity index (χ3n) is 1.83. The van der Waals surface area contributed by atoms with Gasteiger partial charge < -0.3 is 10.1 Å². The molecule has 6 heteroatoms. The summed E-state index contributed by atoms with van der Waals surface area (Å²) in [7, 11) is 0. The van der Waals surface area contributed by atoms with Crippen LogP contribution in [0.15, 0.2) is 0 Å². The average Bonchev–Trinajstić information content (AvgIpc) is 2.50. The monoisotopic (exact) mass is 197 g/mol. The molecule has 1 aliphatic heterocycles. The molecule has 1 saturated heterocycles. The lowest BCUT2D eigenvalue weighted by Gasteiger charge is -2.10. The average molecular weight is 197 g/mol. The van der Waals surface area contributed by atoms with Crippen LogP contribution >= 0.6 is 0 Å². The smallest absolute Gasteiger partial charge is 0.381 e. The van der Waals surface area contributed by atoms with E-state index < -0.39 is 12.1 Å². The van der Waals surface area contributed by atoms with E-state index in [1.165, 1.54) is 0 Å². The van der Waals surface area contributed by atoms with Crippen LogP contribution in [0.2, 0.25) is 0 Å². The van der Waals surface area contributed by atoms with Gasteiger partial charge in [-0.05, 0) is 6.42 Å². The highest BCUT2D eigenvalue weighted by atomic mass is 19.4. The van der Waals surface area contributed by atoms with Gasteiger partial charge in [0.05, 0.1) is 6.61 Å². The molecule has 0 aromatic rings. The van der Waals surface area contributed by atoms with E-state index in [4.69, 9.17) is 4.74 Å². The van der Waals surface area contributed by atoms with E-state index in [0.29, 0.717) is 19.6 Å². The quantitative estimate of drug-likeness (QED) is 0.707. The Balaban J connectivity index is 2.22. The second-order valence-electron chi connectivity index (χ2n) is 2.94. The van der Waals surface area contributed by atoms with Gasteiger partial charge in [-0.3, -0.25) is 4.79 Å². The topological polar surface area (TPSA) is 38.3 Å². The fraction of sp³-hybridized carbons (Fsp3) is 0.857. The third kappa shape index (κ3) is 3.22. The molecule has 76 valence electrons. The van der Waals surface area contributed by atoms with Gasteiger partial charge in [-0.1, -0.05) is 0 Å². The highest BCUT2D eigenvalue weighted by molar-refractivity contribution is 5.81. The maximum absolute atomic E-state index is 11.7. The van der Waals surface area contributed by atoms with Crippen molar-refractivity contribution in [1.29, 1.82) is 0 Å². The van der Waals surface area contributed by atoms with Crippen molar-refractivity contribution in [3.8, 4) is 0 Å². The molecule has 0 aromatic carbocycles. The van der Waals surface area contributed by atoms with Crippen LogP contribution in [-0.2, 0) is 9.53 Å². The molecule has 1 N–H and O–H groups in total. The van der Waals surface area contributed by atoms with E-state index >= 15 is 0 Å². The minimum atomic E-state index is -4.78. The first kappa shape index (κ1) is 10.3. The molecule has 1 rings (SSSR count). The first-order chi connectivity index (χ1) is 6.00. The molecule has 0 saturated carbocycles. The summed E-state index contributed by atoms with van der Waals surface area (Å²) in [5.74, 6) is -1.86. The Morgan fingerprint density at radius 2 is 2.23 bits per heavy atom. The SMILES string of the molecule is O=C(NCC1CCOC1)C(F)(F)F. The van der Waals surface area contributed by atoms with Gasteiger partial charge in [0.1, 0.15) is 0 Å². The van der Waals surface area contributed by atoms with Gasteiger partial charge in [0.2, 0.25) is 0 Å². The summed E-state index contributed by atoms with van der Waals surface area (Å²) in [4.78, 5) is 10.3. The highest BCUT2D eigenvalue weighted by Crippen LogP contribution is 2.15. The number of hydrogen-bond acceptors (Lipinski definition) is 2. The van der Waals surface area contributed by atoms with Gasteiger partial charge in [-0.25, -0.2) is 0 Å². The number of halogens is 3. The lowest BCUT2D eigenvalue weighted by atomic mass is 10.1. The summed E-state index contributed by atoms with van der Waals surface area (Å²) in [6, 6.07) is 0. The number of ether oxygens (including phenoxy) is 1. The van der Waals surface area contributed by atoms with Crippen molar-refractivity contribution in [1.82, 2.24) is 5.32 Å². The predicted molar refractivity (Wildman–Crippen MR) is 38.0 cm³/mol. The predicted octanol–water partition coefficient (Wildman–Crippen LogP) is 0.701. The molecule has 0 aromatic heterocycles. The lowest BCUT2D eigenvalue weighted by molar-refractivity contribution is -0.173. The van der Waals surface area contributed by atoms with Crippen molar-refractivity contribution < 1.29 is 22.7 Å². The zero-order valence-electron chi connectivity index (χ0n) is 6.86. The molecule has 13 heavy (non-hydrogen) atoms. The Bertz CT molecular complexity index is 187. The van der Waals surface area contributed by atoms with E-state index in [1.807, 2.05) is 5.32 Å². The maximum atomic E-state index is 11.7. The lowest BCUT2D eigenvalue weighted by Crippen LogP contribution is -2.39. The number of alkyl halides is 3. The molecular weight excluding hydrogens is 187 g/mol. The van der Waals surface area contributed by atoms with Crippen LogP contribution in [0, 0.1) is 5.92 Å². The zero-order chi connectivity index (χ0) is 9.90. The van der Waals surface area contributed by atoms with Crippen LogP contribution in [-0.4, -0.2) is 31.8 Å². The second kappa shape index (κ2) is 3.95. The van der Waals surface area contributed by atoms with Crippen molar-refractivity contribution in [2.75, 3.05) is 19.8 Å². The summed E-state index contributed by atoms with van der Waals surface area (Å²) in [5.41, 5.74) is 0. The van der Waals surface area contributed by atoms with Gasteiger partial charge >= 0.3 is 12.1 Å². The van der Waals surface area contributed by atoms with Crippen LogP contribution in [0.5, 0.6) is 0 Å². The Kier molecular flexibility index (Phi) is 3.13. The third-order valence-corrected chi connectivity index (χ3v) is 1.83. The molecule has 0 radical (unpaired) electrons. The van der Waals surface area contributed by atoms with Gasteiger partial charge in [-0.2, -0.15) is 13.2 Å². The molecule has 1 unspecified atom stereocenters. The maximum Gasteiger partial charge on any atom is 0.471 e. The Morgan fingerprint density at radius 1 is 1.54 bits per heavy atom. The fourth-order valence-corrected chi connectivity index (χ4v) is 1.08. The van der Waals surface area contributed by atoms with Crippen LogP contribution in [0.25, 0.3) is 0 Å². The van der Waals surface area contributed by atoms with Crippen LogP contribution in [0.4, 0.5) is 13.2 Å². The summed E-state index contributed by atoms with van der Waals surface area (Å²) < 4.78 is 40.0. The van der Waals surface area contributed by atoms with E-state index in [9.17, 15) is 18.0 Å².